The molecule has 0 spiro atoms. The van der Waals surface area contributed by atoms with Crippen LogP contribution in [-0.4, -0.2) is 32.8 Å². The standard InChI is InChI=1S/C26H26N2O5S/c1-4-28(20-8-6-5-7-9-20)34(31,32)21-12-10-19(11-13-21)27-26(30)25-16-23(29)22-14-17(2)18(3)15-24(22)33-25/h5-15,25H,4,16H2,1-3H3,(H,27,30). The molecule has 4 rings (SSSR count). The van der Waals surface area contributed by atoms with Crippen LogP contribution < -0.4 is 14.4 Å². The number of hydrogen-bond donors (Lipinski definition) is 1. The van der Waals surface area contributed by atoms with E-state index < -0.39 is 22.0 Å². The Labute approximate surface area is 199 Å². The third-order valence-electron chi connectivity index (χ3n) is 5.87. The van der Waals surface area contributed by atoms with Gasteiger partial charge in [0.05, 0.1) is 22.6 Å². The van der Waals surface area contributed by atoms with Gasteiger partial charge in [0.25, 0.3) is 15.9 Å². The average Bonchev–Trinajstić information content (AvgIpc) is 2.81. The van der Waals surface area contributed by atoms with Gasteiger partial charge in [0.1, 0.15) is 5.75 Å². The van der Waals surface area contributed by atoms with Crippen LogP contribution in [0.3, 0.4) is 0 Å². The lowest BCUT2D eigenvalue weighted by Crippen LogP contribution is -2.38. The molecule has 8 heteroatoms. The lowest BCUT2D eigenvalue weighted by Gasteiger charge is -2.25. The molecule has 1 N–H and O–H groups in total. The maximum atomic E-state index is 13.1. The molecule has 3 aromatic rings. The van der Waals surface area contributed by atoms with Crippen molar-refractivity contribution in [1.82, 2.24) is 0 Å². The van der Waals surface area contributed by atoms with Crippen LogP contribution in [0.5, 0.6) is 5.75 Å². The number of ether oxygens (including phenoxy) is 1. The van der Waals surface area contributed by atoms with E-state index in [1.807, 2.05) is 19.9 Å². The van der Waals surface area contributed by atoms with Gasteiger partial charge < -0.3 is 10.1 Å². The predicted molar refractivity (Wildman–Crippen MR) is 131 cm³/mol. The molecule has 0 aliphatic carbocycles. The number of Topliss-reactive ketones (excluding diaryl/α,β-unsaturated/α-hetero) is 1. The van der Waals surface area contributed by atoms with Gasteiger partial charge in [-0.25, -0.2) is 8.42 Å². The van der Waals surface area contributed by atoms with Gasteiger partial charge in [-0.2, -0.15) is 0 Å². The number of hydrogen-bond acceptors (Lipinski definition) is 5. The number of benzene rings is 3. The fourth-order valence-electron chi connectivity index (χ4n) is 3.87. The molecule has 0 bridgehead atoms. The van der Waals surface area contributed by atoms with Gasteiger partial charge in [0.15, 0.2) is 11.9 Å². The number of nitrogens with zero attached hydrogens (tertiary/aromatic N) is 1. The Morgan fingerprint density at radius 1 is 1.03 bits per heavy atom. The number of amides is 1. The Hall–Kier alpha value is -3.65. The van der Waals surface area contributed by atoms with E-state index in [1.54, 1.807) is 43.3 Å². The van der Waals surface area contributed by atoms with E-state index in [1.165, 1.54) is 28.6 Å². The van der Waals surface area contributed by atoms with E-state index in [2.05, 4.69) is 5.32 Å². The normalized spacial score (nSPS) is 15.3. The van der Waals surface area contributed by atoms with E-state index in [0.29, 0.717) is 22.7 Å². The molecule has 1 aliphatic heterocycles. The summed E-state index contributed by atoms with van der Waals surface area (Å²) in [6.45, 7) is 5.88. The van der Waals surface area contributed by atoms with Gasteiger partial charge in [-0.3, -0.25) is 13.9 Å². The molecule has 0 radical (unpaired) electrons. The first-order valence-corrected chi connectivity index (χ1v) is 12.4. The monoisotopic (exact) mass is 478 g/mol. The first kappa shape index (κ1) is 23.5. The molecule has 1 atom stereocenters. The molecule has 1 amide bonds. The summed E-state index contributed by atoms with van der Waals surface area (Å²) in [5.74, 6) is -0.208. The summed E-state index contributed by atoms with van der Waals surface area (Å²) < 4.78 is 33.4. The second-order valence-electron chi connectivity index (χ2n) is 8.19. The molecule has 0 saturated heterocycles. The van der Waals surface area contributed by atoms with E-state index in [9.17, 15) is 18.0 Å². The number of aryl methyl sites for hydroxylation is 2. The molecule has 7 nitrogen and oxygen atoms in total. The molecule has 0 aromatic heterocycles. The zero-order valence-electron chi connectivity index (χ0n) is 19.2. The maximum Gasteiger partial charge on any atom is 0.265 e. The lowest BCUT2D eigenvalue weighted by molar-refractivity contribution is -0.122. The fourth-order valence-corrected chi connectivity index (χ4v) is 5.34. The highest BCUT2D eigenvalue weighted by Crippen LogP contribution is 2.31. The highest BCUT2D eigenvalue weighted by Gasteiger charge is 2.32. The van der Waals surface area contributed by atoms with Gasteiger partial charge in [-0.05, 0) is 80.4 Å². The van der Waals surface area contributed by atoms with Crippen molar-refractivity contribution >= 4 is 33.1 Å². The van der Waals surface area contributed by atoms with Gasteiger partial charge >= 0.3 is 0 Å². The summed E-state index contributed by atoms with van der Waals surface area (Å²) in [5, 5.41) is 2.72. The number of carbonyl (C=O) groups is 2. The zero-order valence-corrected chi connectivity index (χ0v) is 20.1. The molecule has 1 heterocycles. The summed E-state index contributed by atoms with van der Waals surface area (Å²) in [6, 6.07) is 18.4. The molecule has 0 saturated carbocycles. The topological polar surface area (TPSA) is 92.8 Å². The minimum atomic E-state index is -3.77. The minimum Gasteiger partial charge on any atom is -0.479 e. The number of para-hydroxylation sites is 1. The third-order valence-corrected chi connectivity index (χ3v) is 7.79. The highest BCUT2D eigenvalue weighted by atomic mass is 32.2. The molecular formula is C26H26N2O5S. The second kappa shape index (κ2) is 9.30. The third kappa shape index (κ3) is 4.54. The van der Waals surface area contributed by atoms with Crippen molar-refractivity contribution in [2.45, 2.75) is 38.2 Å². The molecule has 3 aromatic carbocycles. The quantitative estimate of drug-likeness (QED) is 0.564. The van der Waals surface area contributed by atoms with Crippen molar-refractivity contribution in [1.29, 1.82) is 0 Å². The van der Waals surface area contributed by atoms with Gasteiger partial charge in [-0.1, -0.05) is 18.2 Å². The number of carbonyl (C=O) groups excluding carboxylic acids is 2. The summed E-state index contributed by atoms with van der Waals surface area (Å²) in [7, 11) is -3.77. The van der Waals surface area contributed by atoms with Crippen molar-refractivity contribution < 1.29 is 22.7 Å². The van der Waals surface area contributed by atoms with E-state index in [-0.39, 0.29) is 23.6 Å². The van der Waals surface area contributed by atoms with Crippen LogP contribution in [0.25, 0.3) is 0 Å². The van der Waals surface area contributed by atoms with Gasteiger partial charge in [-0.15, -0.1) is 0 Å². The summed E-state index contributed by atoms with van der Waals surface area (Å²) in [6.07, 6.45) is -1.02. The van der Waals surface area contributed by atoms with Crippen molar-refractivity contribution in [2.24, 2.45) is 0 Å². The molecule has 1 unspecified atom stereocenters. The minimum absolute atomic E-state index is 0.0592. The number of rotatable bonds is 6. The van der Waals surface area contributed by atoms with Crippen LogP contribution in [0.4, 0.5) is 11.4 Å². The van der Waals surface area contributed by atoms with Crippen LogP contribution in [-0.2, 0) is 14.8 Å². The predicted octanol–water partition coefficient (Wildman–Crippen LogP) is 4.49. The van der Waals surface area contributed by atoms with Crippen LogP contribution in [0, 0.1) is 13.8 Å². The number of anilines is 2. The van der Waals surface area contributed by atoms with Gasteiger partial charge in [0.2, 0.25) is 0 Å². The molecular weight excluding hydrogens is 452 g/mol. The molecule has 176 valence electrons. The van der Waals surface area contributed by atoms with Crippen molar-refractivity contribution in [3.63, 3.8) is 0 Å². The Morgan fingerprint density at radius 2 is 1.68 bits per heavy atom. The molecule has 0 fully saturated rings. The van der Waals surface area contributed by atoms with Crippen LogP contribution in [0.15, 0.2) is 71.6 Å². The molecule has 34 heavy (non-hydrogen) atoms. The Balaban J connectivity index is 1.49. The average molecular weight is 479 g/mol. The van der Waals surface area contributed by atoms with Crippen molar-refractivity contribution in [3.8, 4) is 5.75 Å². The number of sulfonamides is 1. The Morgan fingerprint density at radius 3 is 2.32 bits per heavy atom. The number of nitrogens with one attached hydrogen (secondary N) is 1. The fraction of sp³-hybridized carbons (Fsp3) is 0.231. The van der Waals surface area contributed by atoms with Crippen molar-refractivity contribution in [3.05, 3.63) is 83.4 Å². The molecule has 1 aliphatic rings. The van der Waals surface area contributed by atoms with Crippen LogP contribution >= 0.6 is 0 Å². The Kier molecular flexibility index (Phi) is 6.43. The lowest BCUT2D eigenvalue weighted by atomic mass is 9.96. The Bertz CT molecular complexity index is 1340. The van der Waals surface area contributed by atoms with Crippen LogP contribution in [0.1, 0.15) is 34.8 Å². The van der Waals surface area contributed by atoms with E-state index >= 15 is 0 Å². The zero-order chi connectivity index (χ0) is 24.5. The SMILES string of the molecule is CCN(c1ccccc1)S(=O)(=O)c1ccc(NC(=O)C2CC(=O)c3cc(C)c(C)cc3O2)cc1. The van der Waals surface area contributed by atoms with E-state index in [4.69, 9.17) is 4.74 Å². The highest BCUT2D eigenvalue weighted by molar-refractivity contribution is 7.92. The van der Waals surface area contributed by atoms with Gasteiger partial charge in [0, 0.05) is 12.2 Å². The van der Waals surface area contributed by atoms with Crippen molar-refractivity contribution in [2.75, 3.05) is 16.2 Å². The number of ketones is 1. The first-order valence-electron chi connectivity index (χ1n) is 11.0. The summed E-state index contributed by atoms with van der Waals surface area (Å²) in [5.41, 5.74) is 3.44. The van der Waals surface area contributed by atoms with Crippen LogP contribution in [0.2, 0.25) is 0 Å². The van der Waals surface area contributed by atoms with E-state index in [0.717, 1.165) is 11.1 Å². The first-order chi connectivity index (χ1) is 16.2. The summed E-state index contributed by atoms with van der Waals surface area (Å²) >= 11 is 0. The number of fused-ring (bicyclic) bond motifs is 1. The smallest absolute Gasteiger partial charge is 0.265 e. The summed E-state index contributed by atoms with van der Waals surface area (Å²) in [4.78, 5) is 25.4. The largest absolute Gasteiger partial charge is 0.479 e. The maximum absolute atomic E-state index is 13.1. The second-order valence-corrected chi connectivity index (χ2v) is 10.0.